The summed E-state index contributed by atoms with van der Waals surface area (Å²) >= 11 is 0. The highest BCUT2D eigenvalue weighted by atomic mass is 16.5. The number of benzene rings is 1. The predicted octanol–water partition coefficient (Wildman–Crippen LogP) is 3.33. The molecule has 0 atom stereocenters. The molecule has 0 fully saturated rings. The second kappa shape index (κ2) is 6.94. The number of carboxylic acid groups (broad SMARTS) is 1. The third kappa shape index (κ3) is 4.89. The highest BCUT2D eigenvalue weighted by Gasteiger charge is 2.01. The molecule has 3 heteroatoms. The smallest absolute Gasteiger partial charge is 0.303 e. The molecule has 0 radical (unpaired) electrons. The molecule has 0 amide bonds. The Hall–Kier alpha value is -1.51. The van der Waals surface area contributed by atoms with Crippen LogP contribution < -0.4 is 4.74 Å². The molecule has 0 spiro atoms. The lowest BCUT2D eigenvalue weighted by Gasteiger charge is -2.10. The van der Waals surface area contributed by atoms with Gasteiger partial charge >= 0.3 is 5.97 Å². The number of hydrogen-bond donors (Lipinski definition) is 1. The van der Waals surface area contributed by atoms with Crippen LogP contribution in [0, 0.1) is 13.8 Å². The van der Waals surface area contributed by atoms with Gasteiger partial charge in [-0.2, -0.15) is 0 Å². The Morgan fingerprint density at radius 2 is 2.00 bits per heavy atom. The van der Waals surface area contributed by atoms with Crippen molar-refractivity contribution in [3.05, 3.63) is 29.3 Å². The van der Waals surface area contributed by atoms with E-state index in [9.17, 15) is 4.79 Å². The van der Waals surface area contributed by atoms with Gasteiger partial charge in [0.15, 0.2) is 0 Å². The summed E-state index contributed by atoms with van der Waals surface area (Å²) in [6.07, 6.45) is 2.78. The normalized spacial score (nSPS) is 10.2. The number of aryl methyl sites for hydroxylation is 1. The Balaban J connectivity index is 2.22. The molecule has 0 aliphatic heterocycles. The number of unbranched alkanes of at least 4 members (excludes halogenated alkanes) is 2. The van der Waals surface area contributed by atoms with E-state index in [-0.39, 0.29) is 6.42 Å². The van der Waals surface area contributed by atoms with Crippen molar-refractivity contribution in [3.8, 4) is 5.75 Å². The van der Waals surface area contributed by atoms with Crippen LogP contribution >= 0.6 is 0 Å². The maximum absolute atomic E-state index is 10.3. The van der Waals surface area contributed by atoms with Crippen molar-refractivity contribution >= 4 is 5.97 Å². The molecule has 3 nitrogen and oxygen atoms in total. The molecule has 1 aromatic carbocycles. The topological polar surface area (TPSA) is 46.5 Å². The maximum Gasteiger partial charge on any atom is 0.303 e. The lowest BCUT2D eigenvalue weighted by molar-refractivity contribution is -0.137. The summed E-state index contributed by atoms with van der Waals surface area (Å²) < 4.78 is 5.68. The molecule has 1 N–H and O–H groups in total. The van der Waals surface area contributed by atoms with E-state index in [1.807, 2.05) is 12.1 Å². The van der Waals surface area contributed by atoms with Crippen LogP contribution in [0.1, 0.15) is 36.8 Å². The van der Waals surface area contributed by atoms with Gasteiger partial charge in [-0.15, -0.1) is 0 Å². The Bertz CT molecular complexity index is 372. The van der Waals surface area contributed by atoms with Crippen LogP contribution in [0.5, 0.6) is 5.75 Å². The van der Waals surface area contributed by atoms with E-state index in [1.54, 1.807) is 0 Å². The molecule has 1 rings (SSSR count). The molecule has 0 aromatic heterocycles. The minimum absolute atomic E-state index is 0.253. The zero-order valence-electron chi connectivity index (χ0n) is 10.5. The SMILES string of the molecule is Cc1cccc(OCCCCCC(=O)O)c1C. The summed E-state index contributed by atoms with van der Waals surface area (Å²) in [5.41, 5.74) is 2.41. The first-order chi connectivity index (χ1) is 8.11. The molecular formula is C14H20O3. The number of hydrogen-bond acceptors (Lipinski definition) is 2. The molecule has 0 heterocycles. The first kappa shape index (κ1) is 13.6. The van der Waals surface area contributed by atoms with Crippen LogP contribution in [0.3, 0.4) is 0 Å². The summed E-state index contributed by atoms with van der Waals surface area (Å²) in [7, 11) is 0. The standard InChI is InChI=1S/C14H20O3/c1-11-7-6-8-13(12(11)2)17-10-5-3-4-9-14(15)16/h6-8H,3-5,9-10H2,1-2H3,(H,15,16). The van der Waals surface area contributed by atoms with E-state index in [1.165, 1.54) is 11.1 Å². The first-order valence-electron chi connectivity index (χ1n) is 6.02. The third-order valence-corrected chi connectivity index (χ3v) is 2.85. The molecule has 0 bridgehead atoms. The average Bonchev–Trinajstić information content (AvgIpc) is 2.28. The van der Waals surface area contributed by atoms with Crippen molar-refractivity contribution in [3.63, 3.8) is 0 Å². The van der Waals surface area contributed by atoms with E-state index in [0.717, 1.165) is 25.0 Å². The molecule has 94 valence electrons. The summed E-state index contributed by atoms with van der Waals surface area (Å²) in [5, 5.41) is 8.48. The van der Waals surface area contributed by atoms with E-state index in [4.69, 9.17) is 9.84 Å². The fourth-order valence-electron chi connectivity index (χ4n) is 1.62. The molecule has 0 aliphatic rings. The quantitative estimate of drug-likeness (QED) is 0.739. The molecular weight excluding hydrogens is 216 g/mol. The molecule has 0 unspecified atom stereocenters. The zero-order valence-corrected chi connectivity index (χ0v) is 10.5. The van der Waals surface area contributed by atoms with E-state index in [2.05, 4.69) is 19.9 Å². The second-order valence-electron chi connectivity index (χ2n) is 4.25. The zero-order chi connectivity index (χ0) is 12.7. The number of aliphatic carboxylic acids is 1. The lowest BCUT2D eigenvalue weighted by atomic mass is 10.1. The molecule has 1 aromatic rings. The van der Waals surface area contributed by atoms with Crippen LogP contribution in [0.15, 0.2) is 18.2 Å². The monoisotopic (exact) mass is 236 g/mol. The van der Waals surface area contributed by atoms with E-state index < -0.39 is 5.97 Å². The van der Waals surface area contributed by atoms with Gasteiger partial charge in [-0.05, 0) is 50.3 Å². The van der Waals surface area contributed by atoms with Crippen molar-refractivity contribution in [2.24, 2.45) is 0 Å². The fourth-order valence-corrected chi connectivity index (χ4v) is 1.62. The van der Waals surface area contributed by atoms with Gasteiger partial charge in [-0.3, -0.25) is 4.79 Å². The third-order valence-electron chi connectivity index (χ3n) is 2.85. The highest BCUT2D eigenvalue weighted by molar-refractivity contribution is 5.66. The van der Waals surface area contributed by atoms with Crippen molar-refractivity contribution in [2.75, 3.05) is 6.61 Å². The van der Waals surface area contributed by atoms with Gasteiger partial charge in [0.1, 0.15) is 5.75 Å². The van der Waals surface area contributed by atoms with Crippen molar-refractivity contribution in [1.82, 2.24) is 0 Å². The highest BCUT2D eigenvalue weighted by Crippen LogP contribution is 2.20. The van der Waals surface area contributed by atoms with Crippen molar-refractivity contribution in [1.29, 1.82) is 0 Å². The molecule has 0 saturated heterocycles. The average molecular weight is 236 g/mol. The molecule has 17 heavy (non-hydrogen) atoms. The molecule has 0 aliphatic carbocycles. The van der Waals surface area contributed by atoms with Gasteiger partial charge in [0.05, 0.1) is 6.61 Å². The van der Waals surface area contributed by atoms with Gasteiger partial charge in [0.25, 0.3) is 0 Å². The number of carboxylic acids is 1. The maximum atomic E-state index is 10.3. The Morgan fingerprint density at radius 3 is 2.71 bits per heavy atom. The largest absolute Gasteiger partial charge is 0.493 e. The Labute approximate surface area is 102 Å². The van der Waals surface area contributed by atoms with Crippen LogP contribution in [-0.4, -0.2) is 17.7 Å². The number of rotatable bonds is 7. The van der Waals surface area contributed by atoms with Crippen LogP contribution in [-0.2, 0) is 4.79 Å². The summed E-state index contributed by atoms with van der Waals surface area (Å²) in [6, 6.07) is 6.02. The summed E-state index contributed by atoms with van der Waals surface area (Å²) in [4.78, 5) is 10.3. The summed E-state index contributed by atoms with van der Waals surface area (Å²) in [5.74, 6) is 0.212. The Morgan fingerprint density at radius 1 is 1.24 bits per heavy atom. The minimum atomic E-state index is -0.722. The fraction of sp³-hybridized carbons (Fsp3) is 0.500. The van der Waals surface area contributed by atoms with Gasteiger partial charge < -0.3 is 9.84 Å². The summed E-state index contributed by atoms with van der Waals surface area (Å²) in [6.45, 7) is 4.77. The van der Waals surface area contributed by atoms with Gasteiger partial charge in [-0.1, -0.05) is 12.1 Å². The van der Waals surface area contributed by atoms with E-state index >= 15 is 0 Å². The van der Waals surface area contributed by atoms with E-state index in [0.29, 0.717) is 6.61 Å². The lowest BCUT2D eigenvalue weighted by Crippen LogP contribution is -2.00. The van der Waals surface area contributed by atoms with Crippen LogP contribution in [0.25, 0.3) is 0 Å². The van der Waals surface area contributed by atoms with Gasteiger partial charge in [0.2, 0.25) is 0 Å². The number of ether oxygens (including phenoxy) is 1. The van der Waals surface area contributed by atoms with Crippen LogP contribution in [0.2, 0.25) is 0 Å². The predicted molar refractivity (Wildman–Crippen MR) is 67.5 cm³/mol. The van der Waals surface area contributed by atoms with Gasteiger partial charge in [-0.25, -0.2) is 0 Å². The van der Waals surface area contributed by atoms with Gasteiger partial charge in [0, 0.05) is 6.42 Å². The van der Waals surface area contributed by atoms with Crippen LogP contribution in [0.4, 0.5) is 0 Å². The molecule has 0 saturated carbocycles. The minimum Gasteiger partial charge on any atom is -0.493 e. The number of carbonyl (C=O) groups is 1. The Kier molecular flexibility index (Phi) is 5.53. The second-order valence-corrected chi connectivity index (χ2v) is 4.25. The van der Waals surface area contributed by atoms with Crippen molar-refractivity contribution in [2.45, 2.75) is 39.5 Å². The van der Waals surface area contributed by atoms with Crippen molar-refractivity contribution < 1.29 is 14.6 Å². The first-order valence-corrected chi connectivity index (χ1v) is 6.02.